The molecule has 0 fully saturated rings. The second kappa shape index (κ2) is 7.80. The van der Waals surface area contributed by atoms with E-state index in [1.165, 1.54) is 7.11 Å². The molecule has 0 aliphatic heterocycles. The zero-order chi connectivity index (χ0) is 15.1. The van der Waals surface area contributed by atoms with Gasteiger partial charge in [-0.2, -0.15) is 0 Å². The van der Waals surface area contributed by atoms with Crippen LogP contribution in [-0.4, -0.2) is 24.0 Å². The Kier molecular flexibility index (Phi) is 6.39. The number of aliphatic hydroxyl groups is 1. The van der Waals surface area contributed by atoms with Crippen molar-refractivity contribution in [3.05, 3.63) is 35.4 Å². The number of hydrogen-bond donors (Lipinski definition) is 1. The predicted molar refractivity (Wildman–Crippen MR) is 76.0 cm³/mol. The summed E-state index contributed by atoms with van der Waals surface area (Å²) < 4.78 is 4.62. The molecule has 4 nitrogen and oxygen atoms in total. The summed E-state index contributed by atoms with van der Waals surface area (Å²) in [6.07, 6.45) is 0.848. The van der Waals surface area contributed by atoms with Crippen LogP contribution in [0.1, 0.15) is 31.4 Å². The molecule has 0 radical (unpaired) electrons. The first-order valence-corrected chi connectivity index (χ1v) is 6.77. The standard InChI is InChI=1S/C16H22O4/c1-11(15(18)9-12(2)16(19)20-3)8-13-4-6-14(10-17)7-5-13/h4-7,11-12,17H,8-10H2,1-3H3. The summed E-state index contributed by atoms with van der Waals surface area (Å²) in [5.41, 5.74) is 1.90. The van der Waals surface area contributed by atoms with E-state index in [-0.39, 0.29) is 30.7 Å². The SMILES string of the molecule is COC(=O)C(C)CC(=O)C(C)Cc1ccc(CO)cc1. The van der Waals surface area contributed by atoms with Crippen LogP contribution in [0.4, 0.5) is 0 Å². The van der Waals surface area contributed by atoms with E-state index in [1.54, 1.807) is 6.92 Å². The summed E-state index contributed by atoms with van der Waals surface area (Å²) in [7, 11) is 1.33. The Morgan fingerprint density at radius 2 is 1.65 bits per heavy atom. The van der Waals surface area contributed by atoms with Gasteiger partial charge in [0.05, 0.1) is 19.6 Å². The smallest absolute Gasteiger partial charge is 0.308 e. The van der Waals surface area contributed by atoms with Crippen molar-refractivity contribution in [2.75, 3.05) is 7.11 Å². The van der Waals surface area contributed by atoms with Gasteiger partial charge in [-0.1, -0.05) is 38.1 Å². The first-order chi connectivity index (χ1) is 9.47. The maximum absolute atomic E-state index is 12.1. The second-order valence-corrected chi connectivity index (χ2v) is 5.17. The number of carbonyl (C=O) groups excluding carboxylic acids is 2. The van der Waals surface area contributed by atoms with Crippen molar-refractivity contribution in [2.24, 2.45) is 11.8 Å². The Labute approximate surface area is 119 Å². The summed E-state index contributed by atoms with van der Waals surface area (Å²) in [6, 6.07) is 7.53. The molecule has 0 spiro atoms. The summed E-state index contributed by atoms with van der Waals surface area (Å²) in [5.74, 6) is -0.819. The van der Waals surface area contributed by atoms with E-state index in [4.69, 9.17) is 5.11 Å². The lowest BCUT2D eigenvalue weighted by Gasteiger charge is -2.13. The number of rotatable bonds is 7. The van der Waals surface area contributed by atoms with Crippen molar-refractivity contribution >= 4 is 11.8 Å². The van der Waals surface area contributed by atoms with Crippen LogP contribution < -0.4 is 0 Å². The van der Waals surface area contributed by atoms with Crippen molar-refractivity contribution in [1.29, 1.82) is 0 Å². The van der Waals surface area contributed by atoms with Gasteiger partial charge in [0, 0.05) is 12.3 Å². The highest BCUT2D eigenvalue weighted by Crippen LogP contribution is 2.15. The molecule has 0 saturated heterocycles. The normalized spacial score (nSPS) is 13.6. The largest absolute Gasteiger partial charge is 0.469 e. The van der Waals surface area contributed by atoms with E-state index in [2.05, 4.69) is 4.74 Å². The van der Waals surface area contributed by atoms with Gasteiger partial charge in [-0.15, -0.1) is 0 Å². The first-order valence-electron chi connectivity index (χ1n) is 6.77. The van der Waals surface area contributed by atoms with E-state index in [0.717, 1.165) is 11.1 Å². The summed E-state index contributed by atoms with van der Waals surface area (Å²) in [5, 5.41) is 8.98. The van der Waals surface area contributed by atoms with Crippen LogP contribution in [-0.2, 0) is 27.4 Å². The van der Waals surface area contributed by atoms with Crippen molar-refractivity contribution in [1.82, 2.24) is 0 Å². The third-order valence-electron chi connectivity index (χ3n) is 3.41. The quantitative estimate of drug-likeness (QED) is 0.776. The summed E-state index contributed by atoms with van der Waals surface area (Å²) >= 11 is 0. The molecule has 0 aliphatic carbocycles. The molecular formula is C16H22O4. The fourth-order valence-electron chi connectivity index (χ4n) is 2.04. The highest BCUT2D eigenvalue weighted by atomic mass is 16.5. The highest BCUT2D eigenvalue weighted by Gasteiger charge is 2.21. The zero-order valence-electron chi connectivity index (χ0n) is 12.3. The van der Waals surface area contributed by atoms with Gasteiger partial charge in [0.1, 0.15) is 5.78 Å². The van der Waals surface area contributed by atoms with E-state index < -0.39 is 5.92 Å². The Morgan fingerprint density at radius 1 is 1.10 bits per heavy atom. The zero-order valence-corrected chi connectivity index (χ0v) is 12.3. The fraction of sp³-hybridized carbons (Fsp3) is 0.500. The van der Waals surface area contributed by atoms with Crippen molar-refractivity contribution in [3.63, 3.8) is 0 Å². The molecule has 0 aromatic heterocycles. The lowest BCUT2D eigenvalue weighted by molar-refractivity contribution is -0.146. The maximum atomic E-state index is 12.1. The molecule has 2 unspecified atom stereocenters. The number of ether oxygens (including phenoxy) is 1. The van der Waals surface area contributed by atoms with Gasteiger partial charge < -0.3 is 9.84 Å². The van der Waals surface area contributed by atoms with E-state index in [0.29, 0.717) is 6.42 Å². The lowest BCUT2D eigenvalue weighted by Crippen LogP contribution is -2.21. The van der Waals surface area contributed by atoms with E-state index >= 15 is 0 Å². The molecule has 110 valence electrons. The number of carbonyl (C=O) groups is 2. The Bertz CT molecular complexity index is 450. The fourth-order valence-corrected chi connectivity index (χ4v) is 2.04. The minimum Gasteiger partial charge on any atom is -0.469 e. The molecule has 0 amide bonds. The molecule has 1 aromatic rings. The monoisotopic (exact) mass is 278 g/mol. The Balaban J connectivity index is 2.54. The average Bonchev–Trinajstić information content (AvgIpc) is 2.46. The summed E-state index contributed by atoms with van der Waals surface area (Å²) in [6.45, 7) is 3.59. The number of aliphatic hydroxyl groups excluding tert-OH is 1. The number of benzene rings is 1. The van der Waals surface area contributed by atoms with Gasteiger partial charge >= 0.3 is 5.97 Å². The Morgan fingerprint density at radius 3 is 2.15 bits per heavy atom. The number of methoxy groups -OCH3 is 1. The van der Waals surface area contributed by atoms with Crippen LogP contribution in [0.25, 0.3) is 0 Å². The topological polar surface area (TPSA) is 63.6 Å². The molecule has 4 heteroatoms. The number of esters is 1. The summed E-state index contributed by atoms with van der Waals surface area (Å²) in [4.78, 5) is 23.4. The molecule has 0 bridgehead atoms. The molecule has 2 atom stereocenters. The van der Waals surface area contributed by atoms with Crippen LogP contribution in [0.3, 0.4) is 0 Å². The predicted octanol–water partition coefficient (Wildman–Crippen LogP) is 2.13. The minimum absolute atomic E-state index is 0.0193. The number of ketones is 1. The van der Waals surface area contributed by atoms with Crippen LogP contribution in [0.15, 0.2) is 24.3 Å². The molecular weight excluding hydrogens is 256 g/mol. The van der Waals surface area contributed by atoms with Crippen LogP contribution in [0, 0.1) is 11.8 Å². The van der Waals surface area contributed by atoms with Gasteiger partial charge in [0.2, 0.25) is 0 Å². The highest BCUT2D eigenvalue weighted by molar-refractivity contribution is 5.85. The van der Waals surface area contributed by atoms with E-state index in [1.807, 2.05) is 31.2 Å². The van der Waals surface area contributed by atoms with Crippen LogP contribution >= 0.6 is 0 Å². The molecule has 0 saturated carbocycles. The van der Waals surface area contributed by atoms with Crippen molar-refractivity contribution in [2.45, 2.75) is 33.3 Å². The Hall–Kier alpha value is -1.68. The molecule has 0 aliphatic rings. The molecule has 20 heavy (non-hydrogen) atoms. The van der Waals surface area contributed by atoms with Crippen molar-refractivity contribution in [3.8, 4) is 0 Å². The lowest BCUT2D eigenvalue weighted by atomic mass is 9.91. The first kappa shape index (κ1) is 16.4. The molecule has 1 aromatic carbocycles. The van der Waals surface area contributed by atoms with Crippen molar-refractivity contribution < 1.29 is 19.4 Å². The van der Waals surface area contributed by atoms with Gasteiger partial charge in [0.25, 0.3) is 0 Å². The molecule has 0 heterocycles. The maximum Gasteiger partial charge on any atom is 0.308 e. The van der Waals surface area contributed by atoms with Gasteiger partial charge in [-0.3, -0.25) is 9.59 Å². The van der Waals surface area contributed by atoms with Gasteiger partial charge in [-0.25, -0.2) is 0 Å². The van der Waals surface area contributed by atoms with E-state index in [9.17, 15) is 9.59 Å². The average molecular weight is 278 g/mol. The number of Topliss-reactive ketones (excluding diaryl/α,β-unsaturated/α-hetero) is 1. The number of hydrogen-bond acceptors (Lipinski definition) is 4. The van der Waals surface area contributed by atoms with Gasteiger partial charge in [0.15, 0.2) is 0 Å². The van der Waals surface area contributed by atoms with Crippen LogP contribution in [0.5, 0.6) is 0 Å². The molecule has 1 rings (SSSR count). The second-order valence-electron chi connectivity index (χ2n) is 5.17. The molecule has 1 N–H and O–H groups in total. The van der Waals surface area contributed by atoms with Gasteiger partial charge in [-0.05, 0) is 17.5 Å². The third kappa shape index (κ3) is 4.78. The minimum atomic E-state index is -0.397. The third-order valence-corrected chi connectivity index (χ3v) is 3.41. The van der Waals surface area contributed by atoms with Crippen LogP contribution in [0.2, 0.25) is 0 Å².